The molecule has 0 saturated carbocycles. The fraction of sp³-hybridized carbons (Fsp3) is 1.00. The molecular weight excluding hydrogens is 287 g/mol. The SMILES string of the molecule is OCCOCCOCCOCCOCC(O)(Cl)Cl. The van der Waals surface area contributed by atoms with E-state index in [4.69, 9.17) is 52.4 Å². The summed E-state index contributed by atoms with van der Waals surface area (Å²) >= 11 is 10.5. The predicted molar refractivity (Wildman–Crippen MR) is 67.0 cm³/mol. The highest BCUT2D eigenvalue weighted by molar-refractivity contribution is 6.47. The lowest BCUT2D eigenvalue weighted by Gasteiger charge is -2.12. The number of aliphatic hydroxyl groups excluding tert-OH is 1. The molecule has 0 radical (unpaired) electrons. The molecule has 0 bridgehead atoms. The van der Waals surface area contributed by atoms with Gasteiger partial charge in [-0.15, -0.1) is 0 Å². The zero-order valence-electron chi connectivity index (χ0n) is 10.1. The summed E-state index contributed by atoms with van der Waals surface area (Å²) in [5.41, 5.74) is 0. The van der Waals surface area contributed by atoms with Crippen molar-refractivity contribution in [1.29, 1.82) is 0 Å². The maximum atomic E-state index is 8.90. The summed E-state index contributed by atoms with van der Waals surface area (Å²) < 4.78 is 18.5. The summed E-state index contributed by atoms with van der Waals surface area (Å²) in [6.45, 7) is 2.65. The second kappa shape index (κ2) is 12.4. The van der Waals surface area contributed by atoms with Crippen LogP contribution in [-0.2, 0) is 18.9 Å². The smallest absolute Gasteiger partial charge is 0.238 e. The van der Waals surface area contributed by atoms with Gasteiger partial charge in [-0.3, -0.25) is 0 Å². The molecule has 0 unspecified atom stereocenters. The highest BCUT2D eigenvalue weighted by Gasteiger charge is 2.18. The van der Waals surface area contributed by atoms with Gasteiger partial charge in [0, 0.05) is 0 Å². The standard InChI is InChI=1S/C10H20Cl2O6/c11-10(12,14)9-18-8-7-17-6-5-16-4-3-15-2-1-13/h13-14H,1-9H2. The van der Waals surface area contributed by atoms with Gasteiger partial charge in [0.25, 0.3) is 0 Å². The van der Waals surface area contributed by atoms with Crippen molar-refractivity contribution in [3.63, 3.8) is 0 Å². The molecule has 0 aromatic heterocycles. The number of ether oxygens (including phenoxy) is 4. The lowest BCUT2D eigenvalue weighted by atomic mass is 10.7. The van der Waals surface area contributed by atoms with Gasteiger partial charge in [0.1, 0.15) is 6.61 Å². The zero-order valence-corrected chi connectivity index (χ0v) is 11.7. The Morgan fingerprint density at radius 3 is 1.50 bits per heavy atom. The lowest BCUT2D eigenvalue weighted by Crippen LogP contribution is -2.21. The predicted octanol–water partition coefficient (Wildman–Crippen LogP) is 0.169. The van der Waals surface area contributed by atoms with Crippen LogP contribution in [0, 0.1) is 0 Å². The minimum absolute atomic E-state index is 0.0167. The molecule has 0 heterocycles. The van der Waals surface area contributed by atoms with Crippen LogP contribution < -0.4 is 0 Å². The molecule has 0 aliphatic heterocycles. The first-order valence-electron chi connectivity index (χ1n) is 5.58. The molecule has 0 atom stereocenters. The highest BCUT2D eigenvalue weighted by atomic mass is 35.5. The Bertz CT molecular complexity index is 176. The number of alkyl halides is 2. The molecule has 0 amide bonds. The van der Waals surface area contributed by atoms with Crippen molar-refractivity contribution in [1.82, 2.24) is 0 Å². The molecule has 2 N–H and O–H groups in total. The van der Waals surface area contributed by atoms with Gasteiger partial charge in [0.05, 0.1) is 52.9 Å². The molecule has 0 aromatic rings. The lowest BCUT2D eigenvalue weighted by molar-refractivity contribution is -0.0144. The third kappa shape index (κ3) is 16.3. The molecular formula is C10H20Cl2O6. The molecule has 0 rings (SSSR count). The van der Waals surface area contributed by atoms with Crippen molar-refractivity contribution in [2.45, 2.75) is 4.52 Å². The van der Waals surface area contributed by atoms with Gasteiger partial charge < -0.3 is 29.2 Å². The highest BCUT2D eigenvalue weighted by Crippen LogP contribution is 2.15. The monoisotopic (exact) mass is 306 g/mol. The van der Waals surface area contributed by atoms with E-state index in [1.54, 1.807) is 0 Å². The molecule has 0 aliphatic carbocycles. The van der Waals surface area contributed by atoms with Crippen molar-refractivity contribution in [2.75, 3.05) is 59.5 Å². The quantitative estimate of drug-likeness (QED) is 0.373. The van der Waals surface area contributed by atoms with E-state index in [-0.39, 0.29) is 13.2 Å². The van der Waals surface area contributed by atoms with Crippen LogP contribution in [0.2, 0.25) is 0 Å². The van der Waals surface area contributed by atoms with Gasteiger partial charge in [-0.1, -0.05) is 23.2 Å². The van der Waals surface area contributed by atoms with E-state index in [1.165, 1.54) is 0 Å². The Hall–Kier alpha value is 0.340. The largest absolute Gasteiger partial charge is 0.394 e. The molecule has 8 heteroatoms. The van der Waals surface area contributed by atoms with Crippen LogP contribution in [0.3, 0.4) is 0 Å². The van der Waals surface area contributed by atoms with Gasteiger partial charge in [-0.25, -0.2) is 0 Å². The van der Waals surface area contributed by atoms with Crippen LogP contribution >= 0.6 is 23.2 Å². The molecule has 110 valence electrons. The van der Waals surface area contributed by atoms with Crippen LogP contribution in [0.1, 0.15) is 0 Å². The normalized spacial score (nSPS) is 12.0. The van der Waals surface area contributed by atoms with Gasteiger partial charge in [-0.2, -0.15) is 0 Å². The van der Waals surface area contributed by atoms with Gasteiger partial charge in [0.15, 0.2) is 0 Å². The maximum Gasteiger partial charge on any atom is 0.238 e. The first-order chi connectivity index (χ1) is 8.56. The number of hydrogen-bond donors (Lipinski definition) is 2. The maximum absolute atomic E-state index is 8.90. The summed E-state index contributed by atoms with van der Waals surface area (Å²) in [5.74, 6) is 0. The Balaban J connectivity index is 2.99. The Morgan fingerprint density at radius 2 is 1.11 bits per heavy atom. The summed E-state index contributed by atoms with van der Waals surface area (Å²) in [6, 6.07) is 0. The minimum atomic E-state index is -1.85. The van der Waals surface area contributed by atoms with Crippen molar-refractivity contribution >= 4 is 23.2 Å². The van der Waals surface area contributed by atoms with E-state index in [9.17, 15) is 0 Å². The molecule has 6 nitrogen and oxygen atoms in total. The summed E-state index contributed by atoms with van der Waals surface area (Å²) in [7, 11) is 0. The molecule has 0 aromatic carbocycles. The second-order valence-corrected chi connectivity index (χ2v) is 4.72. The van der Waals surface area contributed by atoms with E-state index in [1.807, 2.05) is 0 Å². The van der Waals surface area contributed by atoms with Crippen LogP contribution in [0.4, 0.5) is 0 Å². The Kier molecular flexibility index (Phi) is 12.6. The van der Waals surface area contributed by atoms with Crippen LogP contribution in [0.5, 0.6) is 0 Å². The third-order valence-electron chi connectivity index (χ3n) is 1.63. The van der Waals surface area contributed by atoms with Gasteiger partial charge in [0.2, 0.25) is 4.52 Å². The fourth-order valence-electron chi connectivity index (χ4n) is 0.919. The van der Waals surface area contributed by atoms with Gasteiger partial charge in [-0.05, 0) is 0 Å². The van der Waals surface area contributed by atoms with Crippen molar-refractivity contribution in [3.05, 3.63) is 0 Å². The molecule has 18 heavy (non-hydrogen) atoms. The number of hydrogen-bond acceptors (Lipinski definition) is 6. The number of halogens is 2. The van der Waals surface area contributed by atoms with Crippen LogP contribution in [0.25, 0.3) is 0 Å². The minimum Gasteiger partial charge on any atom is -0.394 e. The van der Waals surface area contributed by atoms with E-state index < -0.39 is 4.52 Å². The van der Waals surface area contributed by atoms with E-state index >= 15 is 0 Å². The summed E-state index contributed by atoms with van der Waals surface area (Å²) in [5, 5.41) is 17.3. The molecule has 0 fully saturated rings. The third-order valence-corrected chi connectivity index (χ3v) is 1.85. The number of rotatable bonds is 13. The first-order valence-corrected chi connectivity index (χ1v) is 6.34. The van der Waals surface area contributed by atoms with Crippen molar-refractivity contribution in [2.24, 2.45) is 0 Å². The Labute approximate surface area is 117 Å². The number of aliphatic hydroxyl groups is 2. The molecule has 0 spiro atoms. The van der Waals surface area contributed by atoms with E-state index in [2.05, 4.69) is 0 Å². The van der Waals surface area contributed by atoms with Crippen molar-refractivity contribution in [3.8, 4) is 0 Å². The van der Waals surface area contributed by atoms with Crippen LogP contribution in [0.15, 0.2) is 0 Å². The first kappa shape index (κ1) is 18.3. The second-order valence-electron chi connectivity index (χ2n) is 3.28. The van der Waals surface area contributed by atoms with Gasteiger partial charge >= 0.3 is 0 Å². The van der Waals surface area contributed by atoms with E-state index in [0.717, 1.165) is 0 Å². The van der Waals surface area contributed by atoms with Crippen LogP contribution in [-0.4, -0.2) is 74.2 Å². The van der Waals surface area contributed by atoms with E-state index in [0.29, 0.717) is 46.2 Å². The summed E-state index contributed by atoms with van der Waals surface area (Å²) in [6.07, 6.45) is 0. The topological polar surface area (TPSA) is 77.4 Å². The summed E-state index contributed by atoms with van der Waals surface area (Å²) in [4.78, 5) is 0. The fourth-order valence-corrected chi connectivity index (χ4v) is 1.07. The average Bonchev–Trinajstić information content (AvgIpc) is 2.29. The molecule has 0 aliphatic rings. The zero-order chi connectivity index (χ0) is 13.7. The average molecular weight is 307 g/mol. The molecule has 0 saturated heterocycles. The Morgan fingerprint density at radius 1 is 0.722 bits per heavy atom. The van der Waals surface area contributed by atoms with Crippen molar-refractivity contribution < 1.29 is 29.2 Å².